The minimum atomic E-state index is -0.316. The van der Waals surface area contributed by atoms with E-state index < -0.39 is 0 Å². The Kier molecular flexibility index (Phi) is 3.78. The van der Waals surface area contributed by atoms with E-state index in [0.717, 1.165) is 19.6 Å². The van der Waals surface area contributed by atoms with Gasteiger partial charge in [-0.1, -0.05) is 6.42 Å². The molecule has 0 radical (unpaired) electrons. The van der Waals surface area contributed by atoms with Crippen LogP contribution >= 0.6 is 0 Å². The van der Waals surface area contributed by atoms with Gasteiger partial charge < -0.3 is 20.1 Å². The third-order valence-electron chi connectivity index (χ3n) is 5.11. The second-order valence-electron chi connectivity index (χ2n) is 6.15. The first-order valence-electron chi connectivity index (χ1n) is 7.38. The first-order chi connectivity index (χ1) is 9.24. The fourth-order valence-electron chi connectivity index (χ4n) is 3.79. The smallest absolute Gasteiger partial charge is 0.237 e. The van der Waals surface area contributed by atoms with Gasteiger partial charge in [0.05, 0.1) is 12.6 Å². The van der Waals surface area contributed by atoms with Crippen LogP contribution in [0.1, 0.15) is 25.7 Å². The maximum Gasteiger partial charge on any atom is 0.237 e. The van der Waals surface area contributed by atoms with Gasteiger partial charge in [-0.05, 0) is 31.2 Å². The number of carbonyl (C=O) groups excluding carboxylic acids is 1. The molecule has 0 spiro atoms. The van der Waals surface area contributed by atoms with Gasteiger partial charge in [0.2, 0.25) is 5.91 Å². The maximum atomic E-state index is 12.3. The van der Waals surface area contributed by atoms with Crippen molar-refractivity contribution in [1.82, 2.24) is 10.6 Å². The molecule has 0 aromatic rings. The van der Waals surface area contributed by atoms with Crippen LogP contribution in [0.5, 0.6) is 0 Å². The maximum absolute atomic E-state index is 12.3. The lowest BCUT2D eigenvalue weighted by molar-refractivity contribution is -0.125. The van der Waals surface area contributed by atoms with E-state index in [1.54, 1.807) is 7.11 Å². The summed E-state index contributed by atoms with van der Waals surface area (Å²) in [7, 11) is 1.70. The number of carbonyl (C=O) groups is 1. The van der Waals surface area contributed by atoms with E-state index >= 15 is 0 Å². The summed E-state index contributed by atoms with van der Waals surface area (Å²) in [6.07, 6.45) is 4.59. The molecule has 2 aliphatic heterocycles. The van der Waals surface area contributed by atoms with E-state index in [0.29, 0.717) is 25.0 Å². The predicted octanol–water partition coefficient (Wildman–Crippen LogP) is 0.296. The summed E-state index contributed by atoms with van der Waals surface area (Å²) in [5.74, 6) is 1.39. The fourth-order valence-corrected chi connectivity index (χ4v) is 3.79. The molecule has 2 saturated heterocycles. The van der Waals surface area contributed by atoms with Crippen molar-refractivity contribution in [3.63, 3.8) is 0 Å². The molecule has 0 bridgehead atoms. The van der Waals surface area contributed by atoms with E-state index in [4.69, 9.17) is 9.47 Å². The molecular weight excluding hydrogens is 244 g/mol. The van der Waals surface area contributed by atoms with Gasteiger partial charge in [0, 0.05) is 26.7 Å². The molecule has 1 aliphatic carbocycles. The number of hydrogen-bond donors (Lipinski definition) is 2. The first kappa shape index (κ1) is 13.3. The van der Waals surface area contributed by atoms with Crippen molar-refractivity contribution in [2.45, 2.75) is 37.3 Å². The molecule has 2 heterocycles. The molecule has 0 aromatic heterocycles. The van der Waals surface area contributed by atoms with Crippen LogP contribution < -0.4 is 10.6 Å². The number of ether oxygens (including phenoxy) is 2. The Balaban J connectivity index is 1.54. The minimum Gasteiger partial charge on any atom is -0.378 e. The molecule has 3 aliphatic rings. The summed E-state index contributed by atoms with van der Waals surface area (Å²) < 4.78 is 10.9. The normalized spacial score (nSPS) is 41.4. The van der Waals surface area contributed by atoms with Crippen molar-refractivity contribution in [3.8, 4) is 0 Å². The van der Waals surface area contributed by atoms with Gasteiger partial charge in [-0.15, -0.1) is 0 Å². The van der Waals surface area contributed by atoms with Gasteiger partial charge >= 0.3 is 0 Å². The summed E-state index contributed by atoms with van der Waals surface area (Å²) in [6.45, 7) is 2.85. The van der Waals surface area contributed by atoms with Crippen molar-refractivity contribution in [2.75, 3.05) is 33.4 Å². The Morgan fingerprint density at radius 2 is 2.42 bits per heavy atom. The largest absolute Gasteiger partial charge is 0.378 e. The van der Waals surface area contributed by atoms with Gasteiger partial charge in [0.15, 0.2) is 0 Å². The SMILES string of the molecule is COC1(CNC(=O)C2NCC3CCCC32)CCOC1. The zero-order chi connectivity index (χ0) is 13.3. The second-order valence-corrected chi connectivity index (χ2v) is 6.15. The van der Waals surface area contributed by atoms with E-state index in [9.17, 15) is 4.79 Å². The number of nitrogens with one attached hydrogen (secondary N) is 2. The number of amides is 1. The first-order valence-corrected chi connectivity index (χ1v) is 7.38. The van der Waals surface area contributed by atoms with Gasteiger partial charge in [-0.3, -0.25) is 4.79 Å². The number of hydrogen-bond acceptors (Lipinski definition) is 4. The summed E-state index contributed by atoms with van der Waals surface area (Å²) in [6, 6.07) is 0.00345. The lowest BCUT2D eigenvalue weighted by Crippen LogP contribution is -2.50. The van der Waals surface area contributed by atoms with Crippen LogP contribution in [0.2, 0.25) is 0 Å². The summed E-state index contributed by atoms with van der Waals surface area (Å²) in [5.41, 5.74) is -0.316. The quantitative estimate of drug-likeness (QED) is 0.770. The van der Waals surface area contributed by atoms with Gasteiger partial charge in [-0.2, -0.15) is 0 Å². The van der Waals surface area contributed by atoms with E-state index in [-0.39, 0.29) is 17.6 Å². The Morgan fingerprint density at radius 3 is 3.16 bits per heavy atom. The Hall–Kier alpha value is -0.650. The summed E-state index contributed by atoms with van der Waals surface area (Å²) in [4.78, 5) is 12.3. The molecular formula is C14H24N2O3. The highest BCUT2D eigenvalue weighted by Gasteiger charge is 2.43. The third-order valence-corrected chi connectivity index (χ3v) is 5.11. The molecule has 5 heteroatoms. The standard InChI is InChI=1S/C14H24N2O3/c1-18-14(5-6-19-9-14)8-16-13(17)12-11-4-2-3-10(11)7-15-12/h10-12,15H,2-9H2,1H3,(H,16,17). The number of fused-ring (bicyclic) bond motifs is 1. The van der Waals surface area contributed by atoms with Crippen molar-refractivity contribution >= 4 is 5.91 Å². The molecule has 3 fully saturated rings. The lowest BCUT2D eigenvalue weighted by atomic mass is 9.93. The minimum absolute atomic E-state index is 0.00345. The van der Waals surface area contributed by atoms with E-state index in [1.807, 2.05) is 0 Å². The molecule has 1 amide bonds. The Labute approximate surface area is 114 Å². The van der Waals surface area contributed by atoms with Crippen molar-refractivity contribution < 1.29 is 14.3 Å². The molecule has 19 heavy (non-hydrogen) atoms. The van der Waals surface area contributed by atoms with Crippen LogP contribution in [0.4, 0.5) is 0 Å². The van der Waals surface area contributed by atoms with Crippen LogP contribution in [0.15, 0.2) is 0 Å². The zero-order valence-electron chi connectivity index (χ0n) is 11.6. The van der Waals surface area contributed by atoms with Crippen LogP contribution in [0.25, 0.3) is 0 Å². The molecule has 4 unspecified atom stereocenters. The van der Waals surface area contributed by atoms with Crippen LogP contribution in [0, 0.1) is 11.8 Å². The summed E-state index contributed by atoms with van der Waals surface area (Å²) in [5, 5.41) is 6.44. The Morgan fingerprint density at radius 1 is 1.53 bits per heavy atom. The Bertz CT molecular complexity index is 342. The van der Waals surface area contributed by atoms with Crippen LogP contribution in [-0.2, 0) is 14.3 Å². The van der Waals surface area contributed by atoms with E-state index in [2.05, 4.69) is 10.6 Å². The van der Waals surface area contributed by atoms with E-state index in [1.165, 1.54) is 19.3 Å². The van der Waals surface area contributed by atoms with Crippen LogP contribution in [0.3, 0.4) is 0 Å². The fraction of sp³-hybridized carbons (Fsp3) is 0.929. The van der Waals surface area contributed by atoms with Gasteiger partial charge in [0.25, 0.3) is 0 Å². The number of rotatable bonds is 4. The molecule has 4 atom stereocenters. The molecule has 1 saturated carbocycles. The lowest BCUT2D eigenvalue weighted by Gasteiger charge is -2.27. The molecule has 108 valence electrons. The highest BCUT2D eigenvalue weighted by Crippen LogP contribution is 2.37. The molecule has 0 aromatic carbocycles. The van der Waals surface area contributed by atoms with Gasteiger partial charge in [-0.25, -0.2) is 0 Å². The van der Waals surface area contributed by atoms with Crippen LogP contribution in [-0.4, -0.2) is 51.0 Å². The average molecular weight is 268 g/mol. The molecule has 3 rings (SSSR count). The predicted molar refractivity (Wildman–Crippen MR) is 70.8 cm³/mol. The molecule has 5 nitrogen and oxygen atoms in total. The van der Waals surface area contributed by atoms with Gasteiger partial charge in [0.1, 0.15) is 5.60 Å². The number of methoxy groups -OCH3 is 1. The van der Waals surface area contributed by atoms with Crippen molar-refractivity contribution in [2.24, 2.45) is 11.8 Å². The molecule has 2 N–H and O–H groups in total. The topological polar surface area (TPSA) is 59.6 Å². The highest BCUT2D eigenvalue weighted by atomic mass is 16.5. The van der Waals surface area contributed by atoms with Crippen molar-refractivity contribution in [1.29, 1.82) is 0 Å². The van der Waals surface area contributed by atoms with Crippen molar-refractivity contribution in [3.05, 3.63) is 0 Å². The second kappa shape index (κ2) is 5.38. The zero-order valence-corrected chi connectivity index (χ0v) is 11.6. The monoisotopic (exact) mass is 268 g/mol. The third kappa shape index (κ3) is 2.51. The summed E-state index contributed by atoms with van der Waals surface area (Å²) >= 11 is 0. The highest BCUT2D eigenvalue weighted by molar-refractivity contribution is 5.82. The average Bonchev–Trinajstić information content (AvgIpc) is 3.12.